The zero-order chi connectivity index (χ0) is 36.0. The van der Waals surface area contributed by atoms with Crippen LogP contribution in [0.2, 0.25) is 0 Å². The molecule has 0 amide bonds. The third-order valence-electron chi connectivity index (χ3n) is 11.6. The van der Waals surface area contributed by atoms with Gasteiger partial charge < -0.3 is 14.1 Å². The molecule has 2 heterocycles. The van der Waals surface area contributed by atoms with Gasteiger partial charge >= 0.3 is 0 Å². The summed E-state index contributed by atoms with van der Waals surface area (Å²) in [5.41, 5.74) is 15.9. The summed E-state index contributed by atoms with van der Waals surface area (Å²) in [5.74, 6) is 1.58. The molecule has 0 saturated heterocycles. The lowest BCUT2D eigenvalue weighted by Crippen LogP contribution is -2.15. The molecule has 0 saturated carbocycles. The van der Waals surface area contributed by atoms with Crippen LogP contribution in [-0.2, 0) is 5.41 Å². The number of hydrogen-bond acceptors (Lipinski definition) is 4. The molecule has 1 unspecified atom stereocenters. The van der Waals surface area contributed by atoms with Crippen molar-refractivity contribution in [2.75, 3.05) is 4.90 Å². The summed E-state index contributed by atoms with van der Waals surface area (Å²) < 4.78 is 12.8. The zero-order valence-corrected chi connectivity index (χ0v) is 30.1. The molecule has 0 fully saturated rings. The predicted molar refractivity (Wildman–Crippen MR) is 221 cm³/mol. The van der Waals surface area contributed by atoms with E-state index in [0.29, 0.717) is 5.89 Å². The Morgan fingerprint density at radius 3 is 2.28 bits per heavy atom. The van der Waals surface area contributed by atoms with Crippen LogP contribution >= 0.6 is 0 Å². The number of allylic oxidation sites excluding steroid dienone is 2. The van der Waals surface area contributed by atoms with Crippen molar-refractivity contribution >= 4 is 44.5 Å². The molecule has 8 aromatic rings. The Labute approximate surface area is 314 Å². The fourth-order valence-corrected chi connectivity index (χ4v) is 8.82. The zero-order valence-electron chi connectivity index (χ0n) is 30.1. The van der Waals surface area contributed by atoms with Crippen molar-refractivity contribution in [2.24, 2.45) is 0 Å². The average Bonchev–Trinajstić information content (AvgIpc) is 3.89. The molecule has 1 aliphatic heterocycles. The lowest BCUT2D eigenvalue weighted by molar-refractivity contribution is 0.279. The number of benzene rings is 7. The molecule has 0 N–H and O–H groups in total. The van der Waals surface area contributed by atoms with E-state index in [-0.39, 0.29) is 11.5 Å². The number of rotatable bonds is 5. The summed E-state index contributed by atoms with van der Waals surface area (Å²) in [7, 11) is 0. The van der Waals surface area contributed by atoms with E-state index in [0.717, 1.165) is 67.8 Å². The highest BCUT2D eigenvalue weighted by atomic mass is 16.5. The summed E-state index contributed by atoms with van der Waals surface area (Å²) >= 11 is 0. The normalized spacial score (nSPS) is 16.0. The molecule has 0 bridgehead atoms. The molecule has 1 atom stereocenters. The van der Waals surface area contributed by atoms with Crippen LogP contribution in [-0.4, -0.2) is 11.1 Å². The maximum absolute atomic E-state index is 6.53. The maximum atomic E-state index is 6.53. The van der Waals surface area contributed by atoms with Crippen LogP contribution in [0.1, 0.15) is 37.0 Å². The lowest BCUT2D eigenvalue weighted by Gasteiger charge is -2.27. The van der Waals surface area contributed by atoms with E-state index in [2.05, 4.69) is 152 Å². The van der Waals surface area contributed by atoms with E-state index in [1.54, 1.807) is 0 Å². The number of nitrogens with zero attached hydrogens (tertiary/aromatic N) is 2. The second-order valence-corrected chi connectivity index (χ2v) is 15.1. The molecule has 4 nitrogen and oxygen atoms in total. The van der Waals surface area contributed by atoms with E-state index in [4.69, 9.17) is 14.1 Å². The molecule has 7 aromatic carbocycles. The van der Waals surface area contributed by atoms with Gasteiger partial charge in [-0.05, 0) is 105 Å². The Hall–Kier alpha value is -6.65. The molecule has 2 aliphatic carbocycles. The fourth-order valence-electron chi connectivity index (χ4n) is 8.82. The largest absolute Gasteiger partial charge is 0.485 e. The average molecular weight is 697 g/mol. The molecule has 3 aliphatic rings. The predicted octanol–water partition coefficient (Wildman–Crippen LogP) is 13.2. The molecule has 11 rings (SSSR count). The summed E-state index contributed by atoms with van der Waals surface area (Å²) in [4.78, 5) is 7.14. The minimum atomic E-state index is -0.0559. The first-order valence-electron chi connectivity index (χ1n) is 18.7. The number of fused-ring (bicyclic) bond motifs is 9. The third kappa shape index (κ3) is 4.73. The standard InChI is InChI=1S/C50H36N2O2/c1-50(2)43-14-8-6-12-39(43)42-29-36(23-26-44(42)50)52(37-22-25-41-40-13-7-9-15-46(40)53-47(41)30-37)35-20-16-31(17-21-35)33-18-24-38-34(28-33)19-27-45-48(38)54-49(51-45)32-10-4-3-5-11-32/h3-14,16-30,46H,15H2,1-2H3. The summed E-state index contributed by atoms with van der Waals surface area (Å²) in [6, 6.07) is 52.2. The van der Waals surface area contributed by atoms with Gasteiger partial charge in [0, 0.05) is 57.1 Å². The molecule has 4 heteroatoms. The number of aromatic nitrogens is 1. The Balaban J connectivity index is 0.991. The van der Waals surface area contributed by atoms with Crippen LogP contribution in [0.5, 0.6) is 5.75 Å². The van der Waals surface area contributed by atoms with Crippen LogP contribution in [0, 0.1) is 0 Å². The molecular weight excluding hydrogens is 661 g/mol. The first kappa shape index (κ1) is 30.9. The van der Waals surface area contributed by atoms with E-state index in [1.165, 1.54) is 33.4 Å². The van der Waals surface area contributed by atoms with Crippen LogP contribution in [0.3, 0.4) is 0 Å². The minimum absolute atomic E-state index is 0.0559. The summed E-state index contributed by atoms with van der Waals surface area (Å²) in [5, 5.41) is 2.17. The molecule has 0 spiro atoms. The molecule has 258 valence electrons. The monoisotopic (exact) mass is 696 g/mol. The quantitative estimate of drug-likeness (QED) is 0.180. The van der Waals surface area contributed by atoms with Gasteiger partial charge in [-0.25, -0.2) is 4.98 Å². The smallest absolute Gasteiger partial charge is 0.227 e. The van der Waals surface area contributed by atoms with E-state index < -0.39 is 0 Å². The van der Waals surface area contributed by atoms with Gasteiger partial charge in [0.1, 0.15) is 17.4 Å². The van der Waals surface area contributed by atoms with Gasteiger partial charge in [-0.2, -0.15) is 0 Å². The minimum Gasteiger partial charge on any atom is -0.485 e. The van der Waals surface area contributed by atoms with Crippen molar-refractivity contribution in [3.05, 3.63) is 181 Å². The van der Waals surface area contributed by atoms with Gasteiger partial charge in [-0.1, -0.05) is 105 Å². The highest BCUT2D eigenvalue weighted by molar-refractivity contribution is 6.05. The van der Waals surface area contributed by atoms with Crippen molar-refractivity contribution < 1.29 is 9.15 Å². The van der Waals surface area contributed by atoms with Crippen LogP contribution in [0.4, 0.5) is 17.1 Å². The number of oxazole rings is 1. The van der Waals surface area contributed by atoms with E-state index >= 15 is 0 Å². The first-order chi connectivity index (χ1) is 26.5. The van der Waals surface area contributed by atoms with Crippen molar-refractivity contribution in [1.82, 2.24) is 4.98 Å². The highest BCUT2D eigenvalue weighted by Gasteiger charge is 2.36. The Kier molecular flexibility index (Phi) is 6.69. The molecular formula is C50H36N2O2. The van der Waals surface area contributed by atoms with Crippen LogP contribution in [0.15, 0.2) is 168 Å². The third-order valence-corrected chi connectivity index (χ3v) is 11.6. The Morgan fingerprint density at radius 1 is 0.630 bits per heavy atom. The van der Waals surface area contributed by atoms with Crippen LogP contribution in [0.25, 0.3) is 61.2 Å². The van der Waals surface area contributed by atoms with Crippen molar-refractivity contribution in [3.8, 4) is 39.5 Å². The van der Waals surface area contributed by atoms with Crippen molar-refractivity contribution in [3.63, 3.8) is 0 Å². The second-order valence-electron chi connectivity index (χ2n) is 15.1. The number of ether oxygens (including phenoxy) is 1. The summed E-state index contributed by atoms with van der Waals surface area (Å²) in [6.45, 7) is 4.66. The fraction of sp³-hybridized carbons (Fsp3) is 0.100. The first-order valence-corrected chi connectivity index (χ1v) is 18.7. The SMILES string of the molecule is CC1(C)c2ccccc2-c2cc(N(c3ccc(-c4ccc5c(ccc6nc(-c7ccccc7)oc65)c4)cc3)c3ccc4c(c3)OC3CC=CC=C43)ccc21. The highest BCUT2D eigenvalue weighted by Crippen LogP contribution is 2.51. The molecule has 0 radical (unpaired) electrons. The van der Waals surface area contributed by atoms with Gasteiger partial charge in [0.2, 0.25) is 5.89 Å². The Morgan fingerprint density at radius 2 is 1.39 bits per heavy atom. The van der Waals surface area contributed by atoms with E-state index in [9.17, 15) is 0 Å². The molecule has 1 aromatic heterocycles. The molecule has 54 heavy (non-hydrogen) atoms. The maximum Gasteiger partial charge on any atom is 0.227 e. The van der Waals surface area contributed by atoms with Gasteiger partial charge in [-0.15, -0.1) is 0 Å². The van der Waals surface area contributed by atoms with Gasteiger partial charge in [0.15, 0.2) is 5.58 Å². The summed E-state index contributed by atoms with van der Waals surface area (Å²) in [6.07, 6.45) is 7.50. The number of hydrogen-bond donors (Lipinski definition) is 0. The lowest BCUT2D eigenvalue weighted by atomic mass is 9.82. The van der Waals surface area contributed by atoms with Crippen molar-refractivity contribution in [1.29, 1.82) is 0 Å². The van der Waals surface area contributed by atoms with Crippen molar-refractivity contribution in [2.45, 2.75) is 31.8 Å². The van der Waals surface area contributed by atoms with Gasteiger partial charge in [0.05, 0.1) is 0 Å². The van der Waals surface area contributed by atoms with Gasteiger partial charge in [0.25, 0.3) is 0 Å². The van der Waals surface area contributed by atoms with E-state index in [1.807, 2.05) is 30.3 Å². The Bertz CT molecular complexity index is 2860. The number of anilines is 3. The second kappa shape index (κ2) is 11.7. The van der Waals surface area contributed by atoms with Gasteiger partial charge in [-0.3, -0.25) is 0 Å². The topological polar surface area (TPSA) is 38.5 Å². The van der Waals surface area contributed by atoms with Crippen LogP contribution < -0.4 is 9.64 Å².